The van der Waals surface area contributed by atoms with Crippen LogP contribution in [0.5, 0.6) is 0 Å². The molecule has 0 atom stereocenters. The summed E-state index contributed by atoms with van der Waals surface area (Å²) in [7, 11) is 0. The van der Waals surface area contributed by atoms with Gasteiger partial charge in [0.1, 0.15) is 16.5 Å². The van der Waals surface area contributed by atoms with Crippen molar-refractivity contribution in [2.24, 2.45) is 0 Å². The van der Waals surface area contributed by atoms with Crippen molar-refractivity contribution in [3.05, 3.63) is 46.2 Å². The minimum atomic E-state index is -0.493. The van der Waals surface area contributed by atoms with E-state index in [1.54, 1.807) is 27.3 Å². The second-order valence-electron chi connectivity index (χ2n) is 6.66. The number of carbonyl (C=O) groups is 2. The zero-order chi connectivity index (χ0) is 20.1. The molecule has 2 heterocycles. The first-order valence-corrected chi connectivity index (χ1v) is 9.97. The predicted octanol–water partition coefficient (Wildman–Crippen LogP) is 3.20. The summed E-state index contributed by atoms with van der Waals surface area (Å²) in [5.74, 6) is -0.620. The quantitative estimate of drug-likeness (QED) is 0.828. The van der Waals surface area contributed by atoms with E-state index in [4.69, 9.17) is 4.74 Å². The molecule has 3 rings (SSSR count). The van der Waals surface area contributed by atoms with Crippen LogP contribution in [-0.2, 0) is 11.3 Å². The maximum absolute atomic E-state index is 13.8. The average molecular weight is 406 g/mol. The lowest BCUT2D eigenvalue weighted by Crippen LogP contribution is -2.41. The smallest absolute Gasteiger partial charge is 0.322 e. The van der Waals surface area contributed by atoms with Crippen LogP contribution in [0.4, 0.5) is 14.9 Å². The third kappa shape index (κ3) is 4.85. The van der Waals surface area contributed by atoms with Gasteiger partial charge in [0.15, 0.2) is 0 Å². The summed E-state index contributed by atoms with van der Waals surface area (Å²) in [5, 5.41) is 4.95. The number of ether oxygens (including phenoxy) is 1. The minimum absolute atomic E-state index is 0.125. The molecule has 1 N–H and O–H groups in total. The van der Waals surface area contributed by atoms with Crippen LogP contribution in [0.15, 0.2) is 29.6 Å². The second-order valence-corrected chi connectivity index (χ2v) is 7.61. The number of benzene rings is 1. The van der Waals surface area contributed by atoms with Crippen LogP contribution >= 0.6 is 11.3 Å². The molecule has 1 aromatic carbocycles. The highest BCUT2D eigenvalue weighted by Crippen LogP contribution is 2.18. The maximum Gasteiger partial charge on any atom is 0.322 e. The molecule has 1 aromatic heterocycles. The van der Waals surface area contributed by atoms with Crippen molar-refractivity contribution in [1.82, 2.24) is 14.8 Å². The molecule has 28 heavy (non-hydrogen) atoms. The highest BCUT2D eigenvalue weighted by atomic mass is 32.1. The normalized spacial score (nSPS) is 14.2. The Morgan fingerprint density at radius 1 is 1.32 bits per heavy atom. The van der Waals surface area contributed by atoms with Gasteiger partial charge in [-0.2, -0.15) is 0 Å². The number of aromatic nitrogens is 1. The zero-order valence-electron chi connectivity index (χ0n) is 15.9. The maximum atomic E-state index is 13.8. The number of rotatable bonds is 5. The van der Waals surface area contributed by atoms with Gasteiger partial charge in [0.05, 0.1) is 25.4 Å². The SMILES string of the molecule is CC(C)N(Cc1nc(C(=O)N2CCOCC2)cs1)C(=O)Nc1ccccc1F. The van der Waals surface area contributed by atoms with Crippen molar-refractivity contribution >= 4 is 29.0 Å². The van der Waals surface area contributed by atoms with Crippen molar-refractivity contribution in [2.75, 3.05) is 31.6 Å². The van der Waals surface area contributed by atoms with E-state index in [1.807, 2.05) is 13.8 Å². The number of carbonyl (C=O) groups excluding carboxylic acids is 2. The van der Waals surface area contributed by atoms with E-state index in [-0.39, 0.29) is 24.2 Å². The van der Waals surface area contributed by atoms with Crippen molar-refractivity contribution in [3.8, 4) is 0 Å². The van der Waals surface area contributed by atoms with Gasteiger partial charge >= 0.3 is 6.03 Å². The van der Waals surface area contributed by atoms with Gasteiger partial charge in [-0.3, -0.25) is 4.79 Å². The van der Waals surface area contributed by atoms with Gasteiger partial charge in [0.25, 0.3) is 5.91 Å². The Morgan fingerprint density at radius 2 is 2.04 bits per heavy atom. The molecule has 1 saturated heterocycles. The summed E-state index contributed by atoms with van der Waals surface area (Å²) in [5.41, 5.74) is 0.501. The molecule has 1 fully saturated rings. The summed E-state index contributed by atoms with van der Waals surface area (Å²) in [6.07, 6.45) is 0. The molecule has 0 saturated carbocycles. The van der Waals surface area contributed by atoms with Gasteiger partial charge < -0.3 is 19.9 Å². The molecule has 9 heteroatoms. The highest BCUT2D eigenvalue weighted by Gasteiger charge is 2.23. The number of nitrogens with one attached hydrogen (secondary N) is 1. The van der Waals surface area contributed by atoms with Gasteiger partial charge in [-0.05, 0) is 26.0 Å². The average Bonchev–Trinajstić information content (AvgIpc) is 3.16. The third-order valence-corrected chi connectivity index (χ3v) is 5.21. The third-order valence-electron chi connectivity index (χ3n) is 4.37. The zero-order valence-corrected chi connectivity index (χ0v) is 16.7. The van der Waals surface area contributed by atoms with Crippen LogP contribution in [0.3, 0.4) is 0 Å². The molecular weight excluding hydrogens is 383 g/mol. The number of anilines is 1. The van der Waals surface area contributed by atoms with E-state index in [0.29, 0.717) is 37.0 Å². The standard InChI is InChI=1S/C19H23FN4O3S/c1-13(2)24(19(26)22-15-6-4-3-5-14(15)20)11-17-21-16(12-28-17)18(25)23-7-9-27-10-8-23/h3-6,12-13H,7-11H2,1-2H3,(H,22,26). The van der Waals surface area contributed by atoms with E-state index in [9.17, 15) is 14.0 Å². The number of urea groups is 1. The van der Waals surface area contributed by atoms with Gasteiger partial charge in [0.2, 0.25) is 0 Å². The Kier molecular flexibility index (Phi) is 6.58. The van der Waals surface area contributed by atoms with Crippen molar-refractivity contribution < 1.29 is 18.7 Å². The topological polar surface area (TPSA) is 74.8 Å². The van der Waals surface area contributed by atoms with Crippen LogP contribution < -0.4 is 5.32 Å². The van der Waals surface area contributed by atoms with Gasteiger partial charge in [0, 0.05) is 24.5 Å². The molecule has 1 aliphatic rings. The Hall–Kier alpha value is -2.52. The number of hydrogen-bond donors (Lipinski definition) is 1. The molecular formula is C19H23FN4O3S. The first-order valence-electron chi connectivity index (χ1n) is 9.09. The van der Waals surface area contributed by atoms with Crippen LogP contribution in [0.1, 0.15) is 29.3 Å². The molecule has 150 valence electrons. The molecule has 0 bridgehead atoms. The van der Waals surface area contributed by atoms with E-state index in [1.165, 1.54) is 23.5 Å². The molecule has 0 unspecified atom stereocenters. The van der Waals surface area contributed by atoms with Crippen LogP contribution in [0, 0.1) is 5.82 Å². The van der Waals surface area contributed by atoms with Crippen molar-refractivity contribution in [1.29, 1.82) is 0 Å². The molecule has 0 spiro atoms. The molecule has 0 aliphatic carbocycles. The number of nitrogens with zero attached hydrogens (tertiary/aromatic N) is 3. The fourth-order valence-corrected chi connectivity index (χ4v) is 3.56. The highest BCUT2D eigenvalue weighted by molar-refractivity contribution is 7.09. The Morgan fingerprint density at radius 3 is 2.71 bits per heavy atom. The lowest BCUT2D eigenvalue weighted by atomic mass is 10.3. The van der Waals surface area contributed by atoms with E-state index < -0.39 is 11.8 Å². The van der Waals surface area contributed by atoms with Crippen LogP contribution in [0.25, 0.3) is 0 Å². The lowest BCUT2D eigenvalue weighted by molar-refractivity contribution is 0.0299. The number of hydrogen-bond acceptors (Lipinski definition) is 5. The number of amides is 3. The fraction of sp³-hybridized carbons (Fsp3) is 0.421. The summed E-state index contributed by atoms with van der Waals surface area (Å²) in [6.45, 7) is 6.13. The van der Waals surface area contributed by atoms with Gasteiger partial charge in [-0.25, -0.2) is 14.2 Å². The molecule has 3 amide bonds. The fourth-order valence-electron chi connectivity index (χ4n) is 2.79. The number of halogens is 1. The predicted molar refractivity (Wildman–Crippen MR) is 105 cm³/mol. The summed E-state index contributed by atoms with van der Waals surface area (Å²) >= 11 is 1.33. The van der Waals surface area contributed by atoms with Crippen molar-refractivity contribution in [2.45, 2.75) is 26.4 Å². The first kappa shape index (κ1) is 20.2. The monoisotopic (exact) mass is 406 g/mol. The van der Waals surface area contributed by atoms with Crippen LogP contribution in [0.2, 0.25) is 0 Å². The van der Waals surface area contributed by atoms with Crippen LogP contribution in [-0.4, -0.2) is 59.1 Å². The molecule has 1 aliphatic heterocycles. The van der Waals surface area contributed by atoms with Gasteiger partial charge in [-0.1, -0.05) is 12.1 Å². The summed E-state index contributed by atoms with van der Waals surface area (Å²) < 4.78 is 19.1. The van der Waals surface area contributed by atoms with Crippen molar-refractivity contribution in [3.63, 3.8) is 0 Å². The number of thiazole rings is 1. The largest absolute Gasteiger partial charge is 0.378 e. The summed E-state index contributed by atoms with van der Waals surface area (Å²) in [6, 6.07) is 5.47. The number of para-hydroxylation sites is 1. The number of morpholine rings is 1. The summed E-state index contributed by atoms with van der Waals surface area (Å²) in [4.78, 5) is 32.8. The second kappa shape index (κ2) is 9.11. The Balaban J connectivity index is 1.67. The van der Waals surface area contributed by atoms with E-state index in [0.717, 1.165) is 0 Å². The van der Waals surface area contributed by atoms with E-state index >= 15 is 0 Å². The minimum Gasteiger partial charge on any atom is -0.378 e. The molecule has 0 radical (unpaired) electrons. The molecule has 2 aromatic rings. The first-order chi connectivity index (χ1) is 13.5. The lowest BCUT2D eigenvalue weighted by Gasteiger charge is -2.26. The Bertz CT molecular complexity index is 836. The van der Waals surface area contributed by atoms with Gasteiger partial charge in [-0.15, -0.1) is 11.3 Å². The molecule has 7 nitrogen and oxygen atoms in total. The Labute approximate surface area is 167 Å². The van der Waals surface area contributed by atoms with E-state index in [2.05, 4.69) is 10.3 Å².